The molecule has 1 saturated heterocycles. The molecule has 0 bridgehead atoms. The summed E-state index contributed by atoms with van der Waals surface area (Å²) in [7, 11) is 1.39. The lowest BCUT2D eigenvalue weighted by Crippen LogP contribution is -2.47. The molecule has 23 heavy (non-hydrogen) atoms. The minimum atomic E-state index is -0.292. The number of nitrogens with one attached hydrogen (secondary N) is 1. The van der Waals surface area contributed by atoms with Crippen LogP contribution in [0.15, 0.2) is 24.3 Å². The molecule has 2 unspecified atom stereocenters. The van der Waals surface area contributed by atoms with Crippen LogP contribution in [0.25, 0.3) is 0 Å². The van der Waals surface area contributed by atoms with E-state index in [2.05, 4.69) is 5.32 Å². The van der Waals surface area contributed by atoms with Crippen LogP contribution >= 0.6 is 11.6 Å². The van der Waals surface area contributed by atoms with Crippen LogP contribution in [0.5, 0.6) is 0 Å². The lowest BCUT2D eigenvalue weighted by Gasteiger charge is -2.31. The first-order valence-electron chi connectivity index (χ1n) is 7.97. The van der Waals surface area contributed by atoms with Crippen LogP contribution in [0.2, 0.25) is 5.02 Å². The number of nitrogens with zero attached hydrogens (tertiary/aromatic N) is 1. The number of amides is 2. The molecule has 1 saturated carbocycles. The molecule has 2 aliphatic rings. The summed E-state index contributed by atoms with van der Waals surface area (Å²) in [5, 5.41) is 3.84. The number of benzene rings is 1. The number of methoxy groups -OCH3 is 1. The topological polar surface area (TPSA) is 58.6 Å². The predicted molar refractivity (Wildman–Crippen MR) is 87.4 cm³/mol. The molecule has 2 amide bonds. The largest absolute Gasteiger partial charge is 0.453 e. The normalized spacial score (nSPS) is 24.2. The quantitative estimate of drug-likeness (QED) is 0.923. The summed E-state index contributed by atoms with van der Waals surface area (Å²) in [5.74, 6) is 0.499. The van der Waals surface area contributed by atoms with Gasteiger partial charge in [0.2, 0.25) is 5.91 Å². The van der Waals surface area contributed by atoms with Crippen molar-refractivity contribution < 1.29 is 14.3 Å². The lowest BCUT2D eigenvalue weighted by molar-refractivity contribution is -0.123. The fraction of sp³-hybridized carbons (Fsp3) is 0.529. The standard InChI is InChI=1S/C17H21ClN2O3/c1-23-17(22)20-8-6-13(7-9-20)19-16(21)15-10-14(15)11-2-4-12(18)5-3-11/h2-5,13-15H,6-10H2,1H3,(H,19,21). The summed E-state index contributed by atoms with van der Waals surface area (Å²) < 4.78 is 4.72. The van der Waals surface area contributed by atoms with Crippen molar-refractivity contribution in [2.45, 2.75) is 31.2 Å². The van der Waals surface area contributed by atoms with E-state index in [1.54, 1.807) is 4.90 Å². The van der Waals surface area contributed by atoms with Gasteiger partial charge in [-0.2, -0.15) is 0 Å². The van der Waals surface area contributed by atoms with Crippen molar-refractivity contribution in [2.24, 2.45) is 5.92 Å². The van der Waals surface area contributed by atoms with Crippen molar-refractivity contribution in [3.63, 3.8) is 0 Å². The number of carbonyl (C=O) groups excluding carboxylic acids is 2. The van der Waals surface area contributed by atoms with Gasteiger partial charge in [-0.1, -0.05) is 23.7 Å². The molecule has 1 aromatic rings. The Morgan fingerprint density at radius 1 is 1.22 bits per heavy atom. The Morgan fingerprint density at radius 2 is 1.87 bits per heavy atom. The van der Waals surface area contributed by atoms with E-state index in [-0.39, 0.29) is 24.0 Å². The Hall–Kier alpha value is -1.75. The smallest absolute Gasteiger partial charge is 0.409 e. The summed E-state index contributed by atoms with van der Waals surface area (Å²) in [5.41, 5.74) is 1.18. The maximum atomic E-state index is 12.4. The number of rotatable bonds is 3. The van der Waals surface area contributed by atoms with Crippen LogP contribution in [0.1, 0.15) is 30.7 Å². The lowest BCUT2D eigenvalue weighted by atomic mass is 10.0. The first-order chi connectivity index (χ1) is 11.1. The summed E-state index contributed by atoms with van der Waals surface area (Å²) >= 11 is 5.89. The number of piperidine rings is 1. The molecule has 2 atom stereocenters. The monoisotopic (exact) mass is 336 g/mol. The Kier molecular flexibility index (Phi) is 4.76. The molecule has 1 heterocycles. The zero-order valence-corrected chi connectivity index (χ0v) is 13.9. The SMILES string of the molecule is COC(=O)N1CCC(NC(=O)C2CC2c2ccc(Cl)cc2)CC1. The maximum absolute atomic E-state index is 12.4. The minimum absolute atomic E-state index is 0.0646. The van der Waals surface area contributed by atoms with E-state index in [1.165, 1.54) is 12.7 Å². The maximum Gasteiger partial charge on any atom is 0.409 e. The summed E-state index contributed by atoms with van der Waals surface area (Å²) in [6, 6.07) is 7.87. The van der Waals surface area contributed by atoms with Crippen molar-refractivity contribution in [3.05, 3.63) is 34.9 Å². The van der Waals surface area contributed by atoms with E-state index in [0.29, 0.717) is 24.0 Å². The van der Waals surface area contributed by atoms with Gasteiger partial charge in [0.05, 0.1) is 7.11 Å². The molecule has 3 rings (SSSR count). The number of likely N-dealkylation sites (tertiary alicyclic amines) is 1. The third-order valence-corrected chi connectivity index (χ3v) is 4.95. The van der Waals surface area contributed by atoms with Crippen LogP contribution in [0.3, 0.4) is 0 Å². The highest BCUT2D eigenvalue weighted by Crippen LogP contribution is 2.47. The van der Waals surface area contributed by atoms with Crippen LogP contribution in [-0.2, 0) is 9.53 Å². The van der Waals surface area contributed by atoms with Gasteiger partial charge in [0.25, 0.3) is 0 Å². The molecule has 0 aromatic heterocycles. The number of carbonyl (C=O) groups is 2. The van der Waals surface area contributed by atoms with E-state index < -0.39 is 0 Å². The molecule has 124 valence electrons. The molecular formula is C17H21ClN2O3. The van der Waals surface area contributed by atoms with Gasteiger partial charge in [-0.15, -0.1) is 0 Å². The van der Waals surface area contributed by atoms with E-state index in [0.717, 1.165) is 19.3 Å². The molecule has 5 nitrogen and oxygen atoms in total. The second-order valence-corrected chi connectivity index (χ2v) is 6.68. The first-order valence-corrected chi connectivity index (χ1v) is 8.35. The highest BCUT2D eigenvalue weighted by molar-refractivity contribution is 6.30. The van der Waals surface area contributed by atoms with Gasteiger partial charge in [-0.05, 0) is 42.9 Å². The van der Waals surface area contributed by atoms with Gasteiger partial charge >= 0.3 is 6.09 Å². The molecule has 1 aliphatic heterocycles. The Labute approximate surface area is 140 Å². The Balaban J connectivity index is 1.46. The van der Waals surface area contributed by atoms with E-state index in [9.17, 15) is 9.59 Å². The summed E-state index contributed by atoms with van der Waals surface area (Å²) in [6.45, 7) is 1.26. The summed E-state index contributed by atoms with van der Waals surface area (Å²) in [4.78, 5) is 25.5. The molecule has 0 radical (unpaired) electrons. The zero-order chi connectivity index (χ0) is 16.4. The fourth-order valence-corrected chi connectivity index (χ4v) is 3.33. The molecule has 2 fully saturated rings. The highest BCUT2D eigenvalue weighted by atomic mass is 35.5. The van der Waals surface area contributed by atoms with Gasteiger partial charge in [-0.25, -0.2) is 4.79 Å². The summed E-state index contributed by atoms with van der Waals surface area (Å²) in [6.07, 6.45) is 2.16. The average Bonchev–Trinajstić information content (AvgIpc) is 3.36. The van der Waals surface area contributed by atoms with Crippen molar-refractivity contribution in [2.75, 3.05) is 20.2 Å². The zero-order valence-electron chi connectivity index (χ0n) is 13.1. The second kappa shape index (κ2) is 6.79. The molecular weight excluding hydrogens is 316 g/mol. The second-order valence-electron chi connectivity index (χ2n) is 6.24. The van der Waals surface area contributed by atoms with E-state index >= 15 is 0 Å². The van der Waals surface area contributed by atoms with Crippen molar-refractivity contribution in [1.82, 2.24) is 10.2 Å². The molecule has 6 heteroatoms. The van der Waals surface area contributed by atoms with E-state index in [4.69, 9.17) is 16.3 Å². The first kappa shape index (κ1) is 16.1. The molecule has 1 aromatic carbocycles. The predicted octanol–water partition coefficient (Wildman–Crippen LogP) is 2.79. The third kappa shape index (κ3) is 3.78. The number of hydrogen-bond donors (Lipinski definition) is 1. The number of ether oxygens (including phenoxy) is 1. The van der Waals surface area contributed by atoms with Crippen molar-refractivity contribution >= 4 is 23.6 Å². The van der Waals surface area contributed by atoms with Crippen molar-refractivity contribution in [3.8, 4) is 0 Å². The van der Waals surface area contributed by atoms with Gasteiger partial charge in [0.1, 0.15) is 0 Å². The fourth-order valence-electron chi connectivity index (χ4n) is 3.21. The van der Waals surface area contributed by atoms with Gasteiger partial charge in [-0.3, -0.25) is 4.79 Å². The van der Waals surface area contributed by atoms with Crippen molar-refractivity contribution in [1.29, 1.82) is 0 Å². The van der Waals surface area contributed by atoms with Crippen LogP contribution in [0.4, 0.5) is 4.79 Å². The molecule has 1 N–H and O–H groups in total. The number of hydrogen-bond acceptors (Lipinski definition) is 3. The Morgan fingerprint density at radius 3 is 2.48 bits per heavy atom. The molecule has 0 spiro atoms. The number of halogens is 1. The van der Waals surface area contributed by atoms with Crippen LogP contribution in [0, 0.1) is 5.92 Å². The van der Waals surface area contributed by atoms with Gasteiger partial charge in [0.15, 0.2) is 0 Å². The highest BCUT2D eigenvalue weighted by Gasteiger charge is 2.44. The average molecular weight is 337 g/mol. The van der Waals surface area contributed by atoms with Gasteiger partial charge in [0, 0.05) is 30.1 Å². The minimum Gasteiger partial charge on any atom is -0.453 e. The molecule has 1 aliphatic carbocycles. The Bertz CT molecular complexity index is 582. The van der Waals surface area contributed by atoms with Crippen LogP contribution < -0.4 is 5.32 Å². The van der Waals surface area contributed by atoms with Gasteiger partial charge < -0.3 is 15.0 Å². The van der Waals surface area contributed by atoms with Crippen LogP contribution in [-0.4, -0.2) is 43.1 Å². The van der Waals surface area contributed by atoms with E-state index in [1.807, 2.05) is 24.3 Å². The third-order valence-electron chi connectivity index (χ3n) is 4.70.